The molecule has 142 valence electrons. The van der Waals surface area contributed by atoms with E-state index < -0.39 is 0 Å². The van der Waals surface area contributed by atoms with Crippen molar-refractivity contribution >= 4 is 34.7 Å². The van der Waals surface area contributed by atoms with E-state index in [1.807, 2.05) is 6.08 Å². The van der Waals surface area contributed by atoms with Crippen LogP contribution >= 0.6 is 11.8 Å². The fraction of sp³-hybridized carbons (Fsp3) is 0.455. The van der Waals surface area contributed by atoms with E-state index in [9.17, 15) is 9.59 Å². The Morgan fingerprint density at radius 3 is 2.70 bits per heavy atom. The first-order valence-corrected chi connectivity index (χ1v) is 10.1. The molecule has 4 nitrogen and oxygen atoms in total. The molecule has 0 radical (unpaired) electrons. The van der Waals surface area contributed by atoms with E-state index in [1.165, 1.54) is 11.3 Å². The van der Waals surface area contributed by atoms with Gasteiger partial charge in [0.25, 0.3) is 11.1 Å². The number of fused-ring (bicyclic) bond motifs is 1. The molecule has 2 heterocycles. The zero-order valence-corrected chi connectivity index (χ0v) is 17.4. The number of thioether (sulfide) groups is 1. The van der Waals surface area contributed by atoms with Crippen LogP contribution in [0.2, 0.25) is 0 Å². The number of carbonyl (C=O) groups excluding carboxylic acids is 2. The molecule has 0 N–H and O–H groups in total. The van der Waals surface area contributed by atoms with E-state index in [4.69, 9.17) is 6.42 Å². The summed E-state index contributed by atoms with van der Waals surface area (Å²) < 4.78 is 0. The second-order valence-corrected chi connectivity index (χ2v) is 8.89. The van der Waals surface area contributed by atoms with Gasteiger partial charge >= 0.3 is 0 Å². The minimum atomic E-state index is -0.301. The fourth-order valence-corrected chi connectivity index (χ4v) is 5.10. The van der Waals surface area contributed by atoms with Gasteiger partial charge in [0.05, 0.1) is 11.4 Å². The lowest BCUT2D eigenvalue weighted by molar-refractivity contribution is -0.122. The molecule has 2 aliphatic heterocycles. The van der Waals surface area contributed by atoms with Crippen LogP contribution in [0.15, 0.2) is 17.0 Å². The van der Waals surface area contributed by atoms with E-state index in [1.54, 1.807) is 0 Å². The number of anilines is 1. The Balaban J connectivity index is 2.03. The van der Waals surface area contributed by atoms with Crippen LogP contribution in [0.3, 0.4) is 0 Å². The van der Waals surface area contributed by atoms with Crippen molar-refractivity contribution in [1.29, 1.82) is 0 Å². The number of amides is 2. The third kappa shape index (κ3) is 3.39. The van der Waals surface area contributed by atoms with Gasteiger partial charge in [-0.05, 0) is 86.7 Å². The van der Waals surface area contributed by atoms with Gasteiger partial charge in [-0.2, -0.15) is 0 Å². The van der Waals surface area contributed by atoms with Gasteiger partial charge in [-0.1, -0.05) is 12.8 Å². The van der Waals surface area contributed by atoms with Crippen LogP contribution in [-0.2, 0) is 4.79 Å². The van der Waals surface area contributed by atoms with Crippen molar-refractivity contribution in [3.05, 3.63) is 33.7 Å². The Bertz CT molecular complexity index is 879. The molecule has 3 rings (SSSR count). The molecule has 27 heavy (non-hydrogen) atoms. The van der Waals surface area contributed by atoms with Crippen molar-refractivity contribution in [2.24, 2.45) is 0 Å². The lowest BCUT2D eigenvalue weighted by Gasteiger charge is -2.47. The predicted molar refractivity (Wildman–Crippen MR) is 113 cm³/mol. The lowest BCUT2D eigenvalue weighted by atomic mass is 9.79. The molecule has 1 atom stereocenters. The number of hydrogen-bond acceptors (Lipinski definition) is 4. The molecule has 0 saturated carbocycles. The second kappa shape index (κ2) is 7.09. The molecule has 0 bridgehead atoms. The van der Waals surface area contributed by atoms with Gasteiger partial charge in [-0.15, -0.1) is 6.42 Å². The van der Waals surface area contributed by atoms with Crippen molar-refractivity contribution in [1.82, 2.24) is 4.90 Å². The first-order valence-electron chi connectivity index (χ1n) is 9.30. The van der Waals surface area contributed by atoms with Crippen LogP contribution < -0.4 is 4.90 Å². The Morgan fingerprint density at radius 2 is 2.07 bits per heavy atom. The van der Waals surface area contributed by atoms with Crippen LogP contribution in [0, 0.1) is 19.3 Å². The highest BCUT2D eigenvalue weighted by Gasteiger charge is 2.37. The minimum Gasteiger partial charge on any atom is -0.366 e. The molecule has 1 aromatic rings. The van der Waals surface area contributed by atoms with Crippen molar-refractivity contribution in [2.75, 3.05) is 18.0 Å². The number of hydrogen-bond donors (Lipinski definition) is 0. The fourth-order valence-electron chi connectivity index (χ4n) is 4.27. The maximum absolute atomic E-state index is 12.5. The lowest BCUT2D eigenvalue weighted by Crippen LogP contribution is -2.48. The average molecular weight is 383 g/mol. The van der Waals surface area contributed by atoms with E-state index in [2.05, 4.69) is 57.6 Å². The van der Waals surface area contributed by atoms with Crippen molar-refractivity contribution in [3.8, 4) is 12.3 Å². The van der Waals surface area contributed by atoms with E-state index >= 15 is 0 Å². The molecular weight excluding hydrogens is 356 g/mol. The van der Waals surface area contributed by atoms with Gasteiger partial charge in [-0.25, -0.2) is 0 Å². The van der Waals surface area contributed by atoms with Gasteiger partial charge in [0, 0.05) is 17.8 Å². The summed E-state index contributed by atoms with van der Waals surface area (Å²) in [6, 6.07) is 4.40. The molecule has 0 unspecified atom stereocenters. The smallest absolute Gasteiger partial charge is 0.294 e. The van der Waals surface area contributed by atoms with Crippen LogP contribution in [0.5, 0.6) is 0 Å². The van der Waals surface area contributed by atoms with E-state index in [-0.39, 0.29) is 23.2 Å². The van der Waals surface area contributed by atoms with E-state index in [0.29, 0.717) is 10.8 Å². The van der Waals surface area contributed by atoms with Crippen LogP contribution in [0.4, 0.5) is 10.5 Å². The first-order chi connectivity index (χ1) is 12.7. The SMILES string of the molecule is C#CCN1C(=O)S/C(=C\c2cc3c(cc2C)N(CC)C(C)(C)C[C@@H]3C)C1=O. The highest BCUT2D eigenvalue weighted by Crippen LogP contribution is 2.44. The predicted octanol–water partition coefficient (Wildman–Crippen LogP) is 4.78. The molecule has 1 saturated heterocycles. The average Bonchev–Trinajstić information content (AvgIpc) is 2.84. The van der Waals surface area contributed by atoms with Crippen LogP contribution in [0.25, 0.3) is 6.08 Å². The number of nitrogens with zero attached hydrogens (tertiary/aromatic N) is 2. The normalized spacial score (nSPS) is 23.0. The van der Waals surface area contributed by atoms with Crippen molar-refractivity contribution in [3.63, 3.8) is 0 Å². The topological polar surface area (TPSA) is 40.6 Å². The summed E-state index contributed by atoms with van der Waals surface area (Å²) in [5.41, 5.74) is 4.78. The van der Waals surface area contributed by atoms with Gasteiger partial charge in [0.2, 0.25) is 0 Å². The standard InChI is InChI=1S/C22H26N2O2S/c1-7-9-23-20(25)19(27-21(23)26)12-16-11-17-15(4)13-22(5,6)24(8-2)18(17)10-14(16)3/h1,10-12,15H,8-9,13H2,2-6H3/b19-12-/t15-/m0/s1. The monoisotopic (exact) mass is 382 g/mol. The maximum Gasteiger partial charge on any atom is 0.294 e. The summed E-state index contributed by atoms with van der Waals surface area (Å²) in [7, 11) is 0. The number of carbonyl (C=O) groups is 2. The number of rotatable bonds is 3. The van der Waals surface area contributed by atoms with Crippen LogP contribution in [0.1, 0.15) is 56.7 Å². The Morgan fingerprint density at radius 1 is 1.37 bits per heavy atom. The highest BCUT2D eigenvalue weighted by molar-refractivity contribution is 8.18. The van der Waals surface area contributed by atoms with Gasteiger partial charge in [0.15, 0.2) is 0 Å². The molecule has 2 aliphatic rings. The molecule has 1 fully saturated rings. The molecular formula is C22H26N2O2S. The third-order valence-corrected chi connectivity index (χ3v) is 6.41. The van der Waals surface area contributed by atoms with Crippen molar-refractivity contribution in [2.45, 2.75) is 52.5 Å². The first kappa shape index (κ1) is 19.6. The quantitative estimate of drug-likeness (QED) is 0.557. The number of aryl methyl sites for hydroxylation is 1. The molecule has 0 spiro atoms. The summed E-state index contributed by atoms with van der Waals surface area (Å²) in [5.74, 6) is 2.50. The van der Waals surface area contributed by atoms with Gasteiger partial charge in [0.1, 0.15) is 0 Å². The molecule has 2 amide bonds. The van der Waals surface area contributed by atoms with E-state index in [0.717, 1.165) is 40.8 Å². The third-order valence-electron chi connectivity index (χ3n) is 5.50. The molecule has 5 heteroatoms. The Labute approximate surface area is 166 Å². The number of terminal acetylenes is 1. The highest BCUT2D eigenvalue weighted by atomic mass is 32.2. The number of imide groups is 1. The van der Waals surface area contributed by atoms with Gasteiger partial charge in [-0.3, -0.25) is 14.5 Å². The van der Waals surface area contributed by atoms with Crippen LogP contribution in [-0.4, -0.2) is 34.7 Å². The largest absolute Gasteiger partial charge is 0.366 e. The van der Waals surface area contributed by atoms with Crippen molar-refractivity contribution < 1.29 is 9.59 Å². The summed E-state index contributed by atoms with van der Waals surface area (Å²) >= 11 is 0.961. The number of benzene rings is 1. The summed E-state index contributed by atoms with van der Waals surface area (Å²) in [6.07, 6.45) is 8.18. The zero-order valence-electron chi connectivity index (χ0n) is 16.6. The second-order valence-electron chi connectivity index (χ2n) is 7.90. The molecule has 1 aromatic carbocycles. The maximum atomic E-state index is 12.5. The summed E-state index contributed by atoms with van der Waals surface area (Å²) in [6.45, 7) is 12.1. The summed E-state index contributed by atoms with van der Waals surface area (Å²) in [4.78, 5) is 28.5. The molecule has 0 aromatic heterocycles. The Kier molecular flexibility index (Phi) is 5.14. The minimum absolute atomic E-state index is 0.0166. The Hall–Kier alpha value is -2.19. The summed E-state index contributed by atoms with van der Waals surface area (Å²) in [5, 5.41) is -0.299. The zero-order chi connectivity index (χ0) is 19.9. The van der Waals surface area contributed by atoms with Gasteiger partial charge < -0.3 is 4.90 Å². The molecule has 0 aliphatic carbocycles.